The SMILES string of the molecule is CCNC(COC(C)C)c1c(F)cccc1Cl. The normalized spacial score (nSPS) is 13.1. The second kappa shape index (κ2) is 6.94. The van der Waals surface area contributed by atoms with E-state index in [9.17, 15) is 4.39 Å². The molecule has 4 heteroatoms. The minimum absolute atomic E-state index is 0.113. The molecule has 1 N–H and O–H groups in total. The monoisotopic (exact) mass is 259 g/mol. The van der Waals surface area contributed by atoms with Crippen molar-refractivity contribution in [2.24, 2.45) is 0 Å². The van der Waals surface area contributed by atoms with Crippen molar-refractivity contribution in [3.63, 3.8) is 0 Å². The molecule has 0 amide bonds. The lowest BCUT2D eigenvalue weighted by molar-refractivity contribution is 0.0607. The van der Waals surface area contributed by atoms with E-state index in [-0.39, 0.29) is 18.0 Å². The third-order valence-corrected chi connectivity index (χ3v) is 2.72. The lowest BCUT2D eigenvalue weighted by atomic mass is 10.1. The van der Waals surface area contributed by atoms with Gasteiger partial charge in [0.2, 0.25) is 0 Å². The second-order valence-corrected chi connectivity index (χ2v) is 4.53. The molecule has 1 atom stereocenters. The van der Waals surface area contributed by atoms with Gasteiger partial charge >= 0.3 is 0 Å². The molecule has 0 spiro atoms. The zero-order valence-electron chi connectivity index (χ0n) is 10.5. The van der Waals surface area contributed by atoms with Crippen molar-refractivity contribution in [2.45, 2.75) is 32.9 Å². The second-order valence-electron chi connectivity index (χ2n) is 4.13. The molecule has 1 unspecified atom stereocenters. The molecule has 0 aliphatic rings. The lowest BCUT2D eigenvalue weighted by Gasteiger charge is -2.21. The summed E-state index contributed by atoms with van der Waals surface area (Å²) in [6, 6.07) is 4.50. The van der Waals surface area contributed by atoms with Crippen molar-refractivity contribution in [3.05, 3.63) is 34.6 Å². The van der Waals surface area contributed by atoms with Crippen LogP contribution in [0.5, 0.6) is 0 Å². The Labute approximate surface area is 107 Å². The van der Waals surface area contributed by atoms with E-state index in [1.807, 2.05) is 20.8 Å². The first-order valence-electron chi connectivity index (χ1n) is 5.85. The first-order valence-corrected chi connectivity index (χ1v) is 6.23. The molecule has 1 aromatic carbocycles. The number of benzene rings is 1. The fourth-order valence-electron chi connectivity index (χ4n) is 1.62. The molecule has 0 radical (unpaired) electrons. The van der Waals surface area contributed by atoms with E-state index in [0.717, 1.165) is 6.54 Å². The molecule has 0 saturated carbocycles. The molecular weight excluding hydrogens is 241 g/mol. The van der Waals surface area contributed by atoms with E-state index < -0.39 is 0 Å². The van der Waals surface area contributed by atoms with Gasteiger partial charge < -0.3 is 10.1 Å². The summed E-state index contributed by atoms with van der Waals surface area (Å²) in [4.78, 5) is 0. The molecule has 1 aromatic rings. The Morgan fingerprint density at radius 1 is 1.41 bits per heavy atom. The maximum atomic E-state index is 13.8. The molecule has 96 valence electrons. The molecular formula is C13H19ClFNO. The standard InChI is InChI=1S/C13H19ClFNO/c1-4-16-12(8-17-9(2)3)13-10(14)6-5-7-11(13)15/h5-7,9,12,16H,4,8H2,1-3H3. The molecule has 0 aromatic heterocycles. The first kappa shape index (κ1) is 14.4. The summed E-state index contributed by atoms with van der Waals surface area (Å²) in [7, 11) is 0. The van der Waals surface area contributed by atoms with Gasteiger partial charge in [0.05, 0.1) is 18.8 Å². The molecule has 2 nitrogen and oxygen atoms in total. The summed E-state index contributed by atoms with van der Waals surface area (Å²) in [5.41, 5.74) is 0.483. The average Bonchev–Trinajstić information content (AvgIpc) is 2.25. The predicted octanol–water partition coefficient (Wildman–Crippen LogP) is 3.55. The Morgan fingerprint density at radius 2 is 2.12 bits per heavy atom. The molecule has 0 saturated heterocycles. The summed E-state index contributed by atoms with van der Waals surface area (Å²) < 4.78 is 19.3. The first-order chi connectivity index (χ1) is 8.06. The van der Waals surface area contributed by atoms with E-state index >= 15 is 0 Å². The highest BCUT2D eigenvalue weighted by molar-refractivity contribution is 6.31. The number of ether oxygens (including phenoxy) is 1. The van der Waals surface area contributed by atoms with Crippen LogP contribution in [-0.2, 0) is 4.74 Å². The van der Waals surface area contributed by atoms with Crippen LogP contribution in [0.3, 0.4) is 0 Å². The Bertz CT molecular complexity index is 337. The van der Waals surface area contributed by atoms with E-state index in [1.165, 1.54) is 6.07 Å². The van der Waals surface area contributed by atoms with Crippen LogP contribution in [0.1, 0.15) is 32.4 Å². The van der Waals surface area contributed by atoms with Crippen LogP contribution in [0.25, 0.3) is 0 Å². The van der Waals surface area contributed by atoms with Gasteiger partial charge in [0, 0.05) is 10.6 Å². The topological polar surface area (TPSA) is 21.3 Å². The Hall–Kier alpha value is -0.640. The van der Waals surface area contributed by atoms with Gasteiger partial charge in [-0.3, -0.25) is 0 Å². The summed E-state index contributed by atoms with van der Waals surface area (Å²) in [5.74, 6) is -0.296. The summed E-state index contributed by atoms with van der Waals surface area (Å²) in [6.45, 7) is 7.01. The zero-order valence-corrected chi connectivity index (χ0v) is 11.2. The lowest BCUT2D eigenvalue weighted by Crippen LogP contribution is -2.27. The Balaban J connectivity index is 2.88. The number of hydrogen-bond donors (Lipinski definition) is 1. The van der Waals surface area contributed by atoms with Crippen molar-refractivity contribution < 1.29 is 9.13 Å². The van der Waals surface area contributed by atoms with Crippen molar-refractivity contribution in [3.8, 4) is 0 Å². The molecule has 0 aliphatic carbocycles. The van der Waals surface area contributed by atoms with Crippen LogP contribution < -0.4 is 5.32 Å². The van der Waals surface area contributed by atoms with Gasteiger partial charge in [0.25, 0.3) is 0 Å². The number of nitrogens with one attached hydrogen (secondary N) is 1. The molecule has 0 heterocycles. The molecule has 17 heavy (non-hydrogen) atoms. The predicted molar refractivity (Wildman–Crippen MR) is 68.9 cm³/mol. The fourth-order valence-corrected chi connectivity index (χ4v) is 1.92. The van der Waals surface area contributed by atoms with Gasteiger partial charge in [-0.1, -0.05) is 24.6 Å². The average molecular weight is 260 g/mol. The van der Waals surface area contributed by atoms with Gasteiger partial charge in [-0.2, -0.15) is 0 Å². The van der Waals surface area contributed by atoms with E-state index in [1.54, 1.807) is 12.1 Å². The largest absolute Gasteiger partial charge is 0.377 e. The highest BCUT2D eigenvalue weighted by Crippen LogP contribution is 2.26. The number of rotatable bonds is 6. The summed E-state index contributed by atoms with van der Waals surface area (Å²) >= 11 is 6.04. The molecule has 0 aliphatic heterocycles. The zero-order chi connectivity index (χ0) is 12.8. The quantitative estimate of drug-likeness (QED) is 0.844. The van der Waals surface area contributed by atoms with Gasteiger partial charge in [0.1, 0.15) is 5.82 Å². The third kappa shape index (κ3) is 4.26. The molecule has 0 fully saturated rings. The Kier molecular flexibility index (Phi) is 5.89. The van der Waals surface area contributed by atoms with E-state index in [4.69, 9.17) is 16.3 Å². The molecule has 0 bridgehead atoms. The van der Waals surface area contributed by atoms with Gasteiger partial charge in [-0.15, -0.1) is 0 Å². The van der Waals surface area contributed by atoms with Crippen molar-refractivity contribution in [1.29, 1.82) is 0 Å². The maximum absolute atomic E-state index is 13.8. The smallest absolute Gasteiger partial charge is 0.129 e. The van der Waals surface area contributed by atoms with E-state index in [2.05, 4.69) is 5.32 Å². The summed E-state index contributed by atoms with van der Waals surface area (Å²) in [6.07, 6.45) is 0.113. The van der Waals surface area contributed by atoms with Crippen molar-refractivity contribution in [1.82, 2.24) is 5.32 Å². The summed E-state index contributed by atoms with van der Waals surface area (Å²) in [5, 5.41) is 3.62. The Morgan fingerprint density at radius 3 is 2.65 bits per heavy atom. The third-order valence-electron chi connectivity index (χ3n) is 2.39. The molecule has 1 rings (SSSR count). The van der Waals surface area contributed by atoms with E-state index in [0.29, 0.717) is 17.2 Å². The van der Waals surface area contributed by atoms with Crippen LogP contribution in [0.2, 0.25) is 5.02 Å². The number of hydrogen-bond acceptors (Lipinski definition) is 2. The van der Waals surface area contributed by atoms with Crippen molar-refractivity contribution >= 4 is 11.6 Å². The highest BCUT2D eigenvalue weighted by atomic mass is 35.5. The van der Waals surface area contributed by atoms with Crippen LogP contribution in [0.15, 0.2) is 18.2 Å². The minimum atomic E-state index is -0.296. The van der Waals surface area contributed by atoms with Crippen LogP contribution in [-0.4, -0.2) is 19.3 Å². The number of likely N-dealkylation sites (N-methyl/N-ethyl adjacent to an activating group) is 1. The van der Waals surface area contributed by atoms with Gasteiger partial charge in [0.15, 0.2) is 0 Å². The van der Waals surface area contributed by atoms with Gasteiger partial charge in [-0.05, 0) is 32.5 Å². The minimum Gasteiger partial charge on any atom is -0.377 e. The van der Waals surface area contributed by atoms with Gasteiger partial charge in [-0.25, -0.2) is 4.39 Å². The van der Waals surface area contributed by atoms with Crippen LogP contribution in [0.4, 0.5) is 4.39 Å². The fraction of sp³-hybridized carbons (Fsp3) is 0.538. The maximum Gasteiger partial charge on any atom is 0.129 e. The highest BCUT2D eigenvalue weighted by Gasteiger charge is 2.18. The van der Waals surface area contributed by atoms with Crippen LogP contribution in [0, 0.1) is 5.82 Å². The van der Waals surface area contributed by atoms with Crippen LogP contribution >= 0.6 is 11.6 Å². The van der Waals surface area contributed by atoms with Crippen molar-refractivity contribution in [2.75, 3.05) is 13.2 Å². The number of halogens is 2.